The van der Waals surface area contributed by atoms with Gasteiger partial charge in [0.05, 0.1) is 22.9 Å². The maximum Gasteiger partial charge on any atom is 0.202 e. The third-order valence-corrected chi connectivity index (χ3v) is 8.29. The Hall–Kier alpha value is -0.350. The first-order chi connectivity index (χ1) is 9.91. The molecule has 2 heterocycles. The molecule has 2 nitrogen and oxygen atoms in total. The van der Waals surface area contributed by atoms with Crippen molar-refractivity contribution in [2.75, 3.05) is 25.5 Å². The molecule has 0 aromatic heterocycles. The summed E-state index contributed by atoms with van der Waals surface area (Å²) in [5.74, 6) is -1.51. The fraction of sp³-hybridized carbons (Fsp3) is 0.571. The van der Waals surface area contributed by atoms with Crippen LogP contribution in [0.4, 0.5) is 13.0 Å². The van der Waals surface area contributed by atoms with Gasteiger partial charge in [-0.2, -0.15) is 0 Å². The van der Waals surface area contributed by atoms with Crippen LogP contribution in [0.15, 0.2) is 12.1 Å². The van der Waals surface area contributed by atoms with E-state index in [4.69, 9.17) is 16.4 Å². The molecule has 116 valence electrons. The predicted octanol–water partition coefficient (Wildman–Crippen LogP) is 4.51. The van der Waals surface area contributed by atoms with Crippen LogP contribution in [-0.4, -0.2) is 25.5 Å². The molecule has 0 saturated carbocycles. The summed E-state index contributed by atoms with van der Waals surface area (Å²) in [7, 11) is -0.885. The number of hydrogen-bond donors (Lipinski definition) is 1. The van der Waals surface area contributed by atoms with E-state index in [-0.39, 0.29) is 10.6 Å². The molecule has 0 amide bonds. The van der Waals surface area contributed by atoms with Gasteiger partial charge in [0.15, 0.2) is 5.82 Å². The Morgan fingerprint density at radius 3 is 2.52 bits per heavy atom. The molecule has 1 N–H and O–H groups in total. The third kappa shape index (κ3) is 2.48. The Labute approximate surface area is 127 Å². The van der Waals surface area contributed by atoms with Crippen LogP contribution in [-0.2, 0) is 4.84 Å². The van der Waals surface area contributed by atoms with Crippen molar-refractivity contribution in [3.05, 3.63) is 34.4 Å². The van der Waals surface area contributed by atoms with Crippen molar-refractivity contribution in [2.24, 2.45) is 5.41 Å². The van der Waals surface area contributed by atoms with Gasteiger partial charge in [0.25, 0.3) is 0 Å². The van der Waals surface area contributed by atoms with Crippen LogP contribution in [0.3, 0.4) is 0 Å². The van der Waals surface area contributed by atoms with Crippen LogP contribution in [0, 0.1) is 17.0 Å². The summed E-state index contributed by atoms with van der Waals surface area (Å²) in [6.45, 7) is 0. The fourth-order valence-electron chi connectivity index (χ4n) is 3.70. The molecule has 1 unspecified atom stereocenters. The standard InChI is InChI=1S/C14H17ClF3NOP/c1-19-20-13(11-10(16)3-2-9(15)12(11)17)14-4-6-21(18,8-14)7-5-14/h2-3,13,19H,4-8H2,1H3/q+1. The number of nitrogens with one attached hydrogen (secondary N) is 1. The molecule has 0 spiro atoms. The van der Waals surface area contributed by atoms with E-state index < -0.39 is 30.7 Å². The summed E-state index contributed by atoms with van der Waals surface area (Å²) >= 11 is 5.78. The van der Waals surface area contributed by atoms with E-state index in [1.54, 1.807) is 0 Å². The first kappa shape index (κ1) is 15.5. The highest BCUT2D eigenvalue weighted by Gasteiger charge is 2.66. The molecule has 2 bridgehead atoms. The molecule has 2 fully saturated rings. The van der Waals surface area contributed by atoms with Crippen molar-refractivity contribution < 1.29 is 17.8 Å². The molecule has 1 aromatic rings. The first-order valence-corrected chi connectivity index (χ1v) is 9.54. The first-order valence-electron chi connectivity index (χ1n) is 6.92. The minimum absolute atomic E-state index is 0.148. The second kappa shape index (κ2) is 5.38. The molecular formula is C14H17ClF3NOP+. The highest BCUT2D eigenvalue weighted by molar-refractivity contribution is 7.71. The van der Waals surface area contributed by atoms with Crippen molar-refractivity contribution >= 4 is 19.2 Å². The molecule has 1 atom stereocenters. The van der Waals surface area contributed by atoms with E-state index in [2.05, 4.69) is 5.48 Å². The van der Waals surface area contributed by atoms with Gasteiger partial charge in [0.1, 0.15) is 18.1 Å². The quantitative estimate of drug-likeness (QED) is 0.495. The summed E-state index contributed by atoms with van der Waals surface area (Å²) in [6, 6.07) is 2.31. The Morgan fingerprint density at radius 1 is 1.33 bits per heavy atom. The molecule has 0 radical (unpaired) electrons. The zero-order valence-electron chi connectivity index (χ0n) is 11.6. The Balaban J connectivity index is 2.06. The smallest absolute Gasteiger partial charge is 0.202 e. The summed E-state index contributed by atoms with van der Waals surface area (Å²) < 4.78 is 43.1. The van der Waals surface area contributed by atoms with Gasteiger partial charge in [0.2, 0.25) is 7.57 Å². The van der Waals surface area contributed by atoms with Crippen LogP contribution in [0.1, 0.15) is 24.5 Å². The lowest BCUT2D eigenvalue weighted by molar-refractivity contribution is -0.0844. The largest absolute Gasteiger partial charge is 0.293 e. The van der Waals surface area contributed by atoms with Crippen LogP contribution in [0.2, 0.25) is 5.02 Å². The normalized spacial score (nSPS) is 32.6. The molecule has 2 saturated heterocycles. The number of fused-ring (bicyclic) bond motifs is 2. The van der Waals surface area contributed by atoms with E-state index in [0.29, 0.717) is 31.3 Å². The van der Waals surface area contributed by atoms with Gasteiger partial charge in [0, 0.05) is 12.5 Å². The number of hydrogen-bond acceptors (Lipinski definition) is 2. The van der Waals surface area contributed by atoms with Crippen molar-refractivity contribution in [2.45, 2.75) is 18.9 Å². The highest BCUT2D eigenvalue weighted by Crippen LogP contribution is 2.79. The summed E-state index contributed by atoms with van der Waals surface area (Å²) in [5, 5.41) is -0.148. The van der Waals surface area contributed by atoms with Crippen LogP contribution in [0.5, 0.6) is 0 Å². The lowest BCUT2D eigenvalue weighted by Gasteiger charge is -2.32. The number of rotatable bonds is 4. The monoisotopic (exact) mass is 338 g/mol. The fourth-order valence-corrected chi connectivity index (χ4v) is 7.71. The topological polar surface area (TPSA) is 21.3 Å². The Kier molecular flexibility index (Phi) is 3.98. The molecular weight excluding hydrogens is 322 g/mol. The van der Waals surface area contributed by atoms with Crippen molar-refractivity contribution in [1.29, 1.82) is 0 Å². The van der Waals surface area contributed by atoms with Crippen molar-refractivity contribution in [1.82, 2.24) is 5.48 Å². The summed E-state index contributed by atoms with van der Waals surface area (Å²) in [6.07, 6.45) is 1.80. The van der Waals surface area contributed by atoms with Gasteiger partial charge in [-0.3, -0.25) is 4.84 Å². The van der Waals surface area contributed by atoms with Gasteiger partial charge >= 0.3 is 0 Å². The average molecular weight is 339 g/mol. The molecule has 7 heteroatoms. The highest BCUT2D eigenvalue weighted by atomic mass is 35.5. The maximum absolute atomic E-state index is 14.5. The molecule has 2 aliphatic rings. The minimum atomic E-state index is -2.42. The second-order valence-corrected chi connectivity index (χ2v) is 9.63. The number of halogens is 4. The number of hydroxylamine groups is 1. The maximum atomic E-state index is 14.5. The number of benzene rings is 1. The van der Waals surface area contributed by atoms with Crippen molar-refractivity contribution in [3.8, 4) is 0 Å². The van der Waals surface area contributed by atoms with E-state index in [9.17, 15) is 13.0 Å². The van der Waals surface area contributed by atoms with E-state index >= 15 is 0 Å². The second-order valence-electron chi connectivity index (χ2n) is 5.96. The zero-order chi connectivity index (χ0) is 15.3. The zero-order valence-corrected chi connectivity index (χ0v) is 13.3. The third-order valence-electron chi connectivity index (χ3n) is 4.75. The summed E-state index contributed by atoms with van der Waals surface area (Å²) in [5.41, 5.74) is 1.80. The lowest BCUT2D eigenvalue weighted by atomic mass is 9.76. The van der Waals surface area contributed by atoms with Gasteiger partial charge in [-0.15, -0.1) is 0 Å². The van der Waals surface area contributed by atoms with Crippen LogP contribution >= 0.6 is 19.2 Å². The van der Waals surface area contributed by atoms with E-state index in [1.807, 2.05) is 0 Å². The van der Waals surface area contributed by atoms with Crippen molar-refractivity contribution in [3.63, 3.8) is 0 Å². The molecule has 1 aromatic carbocycles. The predicted molar refractivity (Wildman–Crippen MR) is 78.5 cm³/mol. The van der Waals surface area contributed by atoms with Gasteiger partial charge in [-0.25, -0.2) is 14.3 Å². The van der Waals surface area contributed by atoms with Gasteiger partial charge in [-0.1, -0.05) is 15.8 Å². The molecule has 0 aliphatic carbocycles. The molecule has 2 aliphatic heterocycles. The SMILES string of the molecule is CNOC(c1c(F)ccc(Cl)c1F)C12CC[P+](F)(CC1)C2. The Bertz CT molecular complexity index is 563. The molecule has 21 heavy (non-hydrogen) atoms. The Morgan fingerprint density at radius 2 is 2.00 bits per heavy atom. The summed E-state index contributed by atoms with van der Waals surface area (Å²) in [4.78, 5) is 5.46. The van der Waals surface area contributed by atoms with Crippen LogP contribution in [0.25, 0.3) is 0 Å². The average Bonchev–Trinajstić information content (AvgIpc) is 2.97. The van der Waals surface area contributed by atoms with Gasteiger partial charge < -0.3 is 0 Å². The minimum Gasteiger partial charge on any atom is -0.293 e. The van der Waals surface area contributed by atoms with Crippen LogP contribution < -0.4 is 5.48 Å². The lowest BCUT2D eigenvalue weighted by Crippen LogP contribution is -2.34. The van der Waals surface area contributed by atoms with E-state index in [0.717, 1.165) is 6.07 Å². The molecule has 3 rings (SSSR count). The van der Waals surface area contributed by atoms with Gasteiger partial charge in [-0.05, 0) is 25.0 Å². The van der Waals surface area contributed by atoms with E-state index in [1.165, 1.54) is 13.1 Å².